The molecule has 1 aliphatic heterocycles. The Labute approximate surface area is 211 Å². The summed E-state index contributed by atoms with van der Waals surface area (Å²) < 4.78 is 48.4. The van der Waals surface area contributed by atoms with Crippen molar-refractivity contribution in [3.63, 3.8) is 0 Å². The molecular weight excluding hydrogens is 516 g/mol. The molecule has 1 atom stereocenters. The van der Waals surface area contributed by atoms with Crippen molar-refractivity contribution in [2.24, 2.45) is 5.41 Å². The van der Waals surface area contributed by atoms with Crippen LogP contribution in [0.3, 0.4) is 0 Å². The topological polar surface area (TPSA) is 81.5 Å². The fraction of sp³-hybridized carbons (Fsp3) is 0.250. The average molecular weight is 536 g/mol. The molecule has 0 saturated carbocycles. The number of hydrogen-bond acceptors (Lipinski definition) is 5. The summed E-state index contributed by atoms with van der Waals surface area (Å²) in [5.74, 6) is -0.869. The monoisotopic (exact) mass is 535 g/mol. The lowest BCUT2D eigenvalue weighted by Crippen LogP contribution is -2.53. The number of esters is 1. The van der Waals surface area contributed by atoms with Gasteiger partial charge in [0.25, 0.3) is 0 Å². The van der Waals surface area contributed by atoms with Crippen molar-refractivity contribution >= 4 is 45.3 Å². The highest BCUT2D eigenvalue weighted by Gasteiger charge is 2.51. The van der Waals surface area contributed by atoms with Gasteiger partial charge >= 0.3 is 5.97 Å². The Bertz CT molecular complexity index is 1470. The minimum absolute atomic E-state index is 0.0000247. The molecule has 11 heteroatoms. The van der Waals surface area contributed by atoms with Crippen LogP contribution in [0.1, 0.15) is 17.7 Å². The largest absolute Gasteiger partial charge is 0.468 e. The molecule has 0 spiro atoms. The molecule has 0 bridgehead atoms. The number of aromatic nitrogens is 2. The summed E-state index contributed by atoms with van der Waals surface area (Å²) in [5, 5.41) is 4.82. The van der Waals surface area contributed by atoms with Gasteiger partial charge < -0.3 is 4.74 Å². The van der Waals surface area contributed by atoms with E-state index in [2.05, 4.69) is 5.10 Å². The van der Waals surface area contributed by atoms with Gasteiger partial charge in [0.05, 0.1) is 39.6 Å². The molecule has 3 aromatic rings. The van der Waals surface area contributed by atoms with Gasteiger partial charge in [0.1, 0.15) is 11.2 Å². The maximum atomic E-state index is 13.4. The van der Waals surface area contributed by atoms with Crippen molar-refractivity contribution in [2.45, 2.75) is 17.7 Å². The number of benzene rings is 2. The predicted molar refractivity (Wildman–Crippen MR) is 129 cm³/mol. The predicted octanol–water partition coefficient (Wildman–Crippen LogP) is 4.51. The van der Waals surface area contributed by atoms with Crippen LogP contribution in [0, 0.1) is 11.2 Å². The molecule has 1 unspecified atom stereocenters. The number of carbonyl (C=O) groups is 1. The lowest BCUT2D eigenvalue weighted by atomic mass is 9.69. The molecule has 1 saturated heterocycles. The Morgan fingerprint density at radius 2 is 1.89 bits per heavy atom. The highest BCUT2D eigenvalue weighted by Crippen LogP contribution is 2.46. The second kappa shape index (κ2) is 8.74. The first-order valence-electron chi connectivity index (χ1n) is 10.7. The van der Waals surface area contributed by atoms with Gasteiger partial charge in [-0.2, -0.15) is 9.40 Å². The number of nitrogens with zero attached hydrogens (tertiary/aromatic N) is 3. The third-order valence-electron chi connectivity index (χ3n) is 6.56. The van der Waals surface area contributed by atoms with Crippen LogP contribution in [0.4, 0.5) is 4.39 Å². The molecule has 1 fully saturated rings. The van der Waals surface area contributed by atoms with Gasteiger partial charge in [-0.15, -0.1) is 0 Å². The zero-order chi connectivity index (χ0) is 25.0. The average Bonchev–Trinajstić information content (AvgIpc) is 3.25. The van der Waals surface area contributed by atoms with E-state index < -0.39 is 21.4 Å². The minimum atomic E-state index is -3.95. The second-order valence-corrected chi connectivity index (χ2v) is 11.3. The van der Waals surface area contributed by atoms with Crippen LogP contribution < -0.4 is 0 Å². The normalized spacial score (nSPS) is 20.1. The summed E-state index contributed by atoms with van der Waals surface area (Å²) in [6, 6.07) is 10.1. The van der Waals surface area contributed by atoms with Crippen LogP contribution in [0.25, 0.3) is 11.8 Å². The first-order chi connectivity index (χ1) is 16.7. The number of piperidine rings is 1. The molecule has 2 aliphatic rings. The quantitative estimate of drug-likeness (QED) is 0.459. The number of fused-ring (bicyclic) bond motifs is 2. The number of ether oxygens (including phenoxy) is 1. The Kier molecular flexibility index (Phi) is 5.99. The molecule has 1 aliphatic carbocycles. The van der Waals surface area contributed by atoms with Crippen LogP contribution in [0.2, 0.25) is 10.0 Å². The van der Waals surface area contributed by atoms with Crippen LogP contribution in [0.15, 0.2) is 59.1 Å². The fourth-order valence-corrected chi connectivity index (χ4v) is 6.65. The molecule has 182 valence electrons. The number of halogens is 3. The summed E-state index contributed by atoms with van der Waals surface area (Å²) >= 11 is 12.0. The van der Waals surface area contributed by atoms with Crippen molar-refractivity contribution in [3.05, 3.63) is 81.4 Å². The van der Waals surface area contributed by atoms with Gasteiger partial charge in [-0.25, -0.2) is 17.5 Å². The van der Waals surface area contributed by atoms with Crippen molar-refractivity contribution in [2.75, 3.05) is 20.2 Å². The summed E-state index contributed by atoms with van der Waals surface area (Å²) in [4.78, 5) is 13.2. The summed E-state index contributed by atoms with van der Waals surface area (Å²) in [6.45, 7) is 0.0857. The van der Waals surface area contributed by atoms with E-state index in [4.69, 9.17) is 27.9 Å². The summed E-state index contributed by atoms with van der Waals surface area (Å²) in [6.07, 6.45) is 4.05. The van der Waals surface area contributed by atoms with Crippen molar-refractivity contribution in [3.8, 4) is 5.69 Å². The zero-order valence-corrected chi connectivity index (χ0v) is 20.9. The van der Waals surface area contributed by atoms with E-state index in [1.165, 1.54) is 41.7 Å². The molecule has 7 nitrogen and oxygen atoms in total. The number of sulfonamides is 1. The highest BCUT2D eigenvalue weighted by atomic mass is 35.5. The van der Waals surface area contributed by atoms with Gasteiger partial charge in [0, 0.05) is 13.1 Å². The van der Waals surface area contributed by atoms with Crippen molar-refractivity contribution in [1.29, 1.82) is 0 Å². The standard InChI is InChI=1S/C24H20Cl2FN3O4S/c1-34-23(31)24-12-15-13-28-30(18-4-2-17(27)3-5-18)22(15)10-16(24)8-9-29(14-24)35(32,33)19-6-7-20(25)21(26)11-19/h2-7,10-11,13H,8-9,12,14H2,1H3. The van der Waals surface area contributed by atoms with Crippen LogP contribution in [-0.4, -0.2) is 48.7 Å². The number of methoxy groups -OCH3 is 1. The molecule has 1 aromatic heterocycles. The highest BCUT2D eigenvalue weighted by molar-refractivity contribution is 7.89. The van der Waals surface area contributed by atoms with Crippen molar-refractivity contribution in [1.82, 2.24) is 14.1 Å². The third kappa shape index (κ3) is 3.96. The molecule has 0 amide bonds. The molecule has 5 rings (SSSR count). The molecule has 0 radical (unpaired) electrons. The van der Waals surface area contributed by atoms with Crippen LogP contribution in [0.5, 0.6) is 0 Å². The third-order valence-corrected chi connectivity index (χ3v) is 9.14. The van der Waals surface area contributed by atoms with Crippen molar-refractivity contribution < 1.29 is 22.3 Å². The first kappa shape index (κ1) is 24.0. The van der Waals surface area contributed by atoms with Gasteiger partial charge in [-0.05, 0) is 72.5 Å². The van der Waals surface area contributed by atoms with E-state index in [1.54, 1.807) is 23.0 Å². The Morgan fingerprint density at radius 1 is 1.14 bits per heavy atom. The molecule has 2 aromatic carbocycles. The Morgan fingerprint density at radius 3 is 2.57 bits per heavy atom. The van der Waals surface area contributed by atoms with Gasteiger partial charge in [-0.1, -0.05) is 23.2 Å². The van der Waals surface area contributed by atoms with Gasteiger partial charge in [0.2, 0.25) is 10.0 Å². The lowest BCUT2D eigenvalue weighted by molar-refractivity contribution is -0.151. The number of rotatable bonds is 4. The molecule has 35 heavy (non-hydrogen) atoms. The maximum Gasteiger partial charge on any atom is 0.317 e. The molecular formula is C24H20Cl2FN3O4S. The SMILES string of the molecule is COC(=O)C12Cc3cnn(-c4ccc(F)cc4)c3C=C1CCN(S(=O)(=O)c1ccc(Cl)c(Cl)c1)C2. The van der Waals surface area contributed by atoms with Gasteiger partial charge in [-0.3, -0.25) is 4.79 Å². The fourth-order valence-electron chi connectivity index (χ4n) is 4.76. The molecule has 2 heterocycles. The van der Waals surface area contributed by atoms with E-state index in [0.29, 0.717) is 12.1 Å². The van der Waals surface area contributed by atoms with E-state index in [-0.39, 0.29) is 40.3 Å². The summed E-state index contributed by atoms with van der Waals surface area (Å²) in [5.41, 5.74) is 1.78. The van der Waals surface area contributed by atoms with E-state index in [0.717, 1.165) is 16.8 Å². The van der Waals surface area contributed by atoms with Gasteiger partial charge in [0.15, 0.2) is 0 Å². The smallest absolute Gasteiger partial charge is 0.317 e. The van der Waals surface area contributed by atoms with E-state index in [1.807, 2.05) is 6.08 Å². The van der Waals surface area contributed by atoms with E-state index in [9.17, 15) is 17.6 Å². The first-order valence-corrected chi connectivity index (χ1v) is 12.9. The number of hydrogen-bond donors (Lipinski definition) is 0. The minimum Gasteiger partial charge on any atom is -0.468 e. The van der Waals surface area contributed by atoms with E-state index >= 15 is 0 Å². The summed E-state index contributed by atoms with van der Waals surface area (Å²) in [7, 11) is -2.66. The Balaban J connectivity index is 1.54. The number of carbonyl (C=O) groups excluding carboxylic acids is 1. The second-order valence-electron chi connectivity index (χ2n) is 8.53. The van der Waals surface area contributed by atoms with Crippen LogP contribution >= 0.6 is 23.2 Å². The molecule has 0 N–H and O–H groups in total. The Hall–Kier alpha value is -2.72. The lowest BCUT2D eigenvalue weighted by Gasteiger charge is -2.43. The zero-order valence-electron chi connectivity index (χ0n) is 18.5. The maximum absolute atomic E-state index is 13.4. The van der Waals surface area contributed by atoms with Crippen LogP contribution in [-0.2, 0) is 26.0 Å².